The van der Waals surface area contributed by atoms with Crippen LogP contribution in [0.2, 0.25) is 0 Å². The van der Waals surface area contributed by atoms with Crippen molar-refractivity contribution in [3.8, 4) is 0 Å². The van der Waals surface area contributed by atoms with Gasteiger partial charge in [-0.05, 0) is 12.8 Å². The van der Waals surface area contributed by atoms with E-state index in [1.54, 1.807) is 11.3 Å². The van der Waals surface area contributed by atoms with Crippen molar-refractivity contribution in [3.05, 3.63) is 11.6 Å². The van der Waals surface area contributed by atoms with Crippen molar-refractivity contribution in [2.45, 2.75) is 32.3 Å². The number of aromatic nitrogens is 1. The van der Waals surface area contributed by atoms with Crippen molar-refractivity contribution >= 4 is 22.4 Å². The zero-order valence-electron chi connectivity index (χ0n) is 12.8. The molecule has 1 saturated heterocycles. The van der Waals surface area contributed by atoms with Crippen molar-refractivity contribution in [1.29, 1.82) is 0 Å². The Morgan fingerprint density at radius 2 is 2.05 bits per heavy atom. The summed E-state index contributed by atoms with van der Waals surface area (Å²) in [6.07, 6.45) is 3.22. The Morgan fingerprint density at radius 1 is 1.38 bits per heavy atom. The lowest BCUT2D eigenvalue weighted by molar-refractivity contribution is 0.0416. The molecule has 0 atom stereocenters. The molecule has 0 saturated carbocycles. The van der Waals surface area contributed by atoms with Gasteiger partial charge in [0.05, 0.1) is 12.1 Å². The van der Waals surface area contributed by atoms with Crippen molar-refractivity contribution in [1.82, 2.24) is 9.88 Å². The number of aliphatic imine (C=N–C) groups is 1. The van der Waals surface area contributed by atoms with Crippen molar-refractivity contribution < 1.29 is 5.11 Å². The smallest absolute Gasteiger partial charge is 0.191 e. The number of guanidine groups is 1. The zero-order chi connectivity index (χ0) is 15.3. The molecule has 6 nitrogen and oxygen atoms in total. The molecule has 0 unspecified atom stereocenters. The molecule has 118 valence electrons. The fraction of sp³-hybridized carbons (Fsp3) is 0.714. The second kappa shape index (κ2) is 7.09. The highest BCUT2D eigenvalue weighted by atomic mass is 32.1. The van der Waals surface area contributed by atoms with Crippen LogP contribution in [0.15, 0.2) is 16.6 Å². The standard InChI is InChI=1S/C14H25N5OS/c1-3-14(20,4-2)11-17-12(15)18-6-8-19(9-7-18)13-16-5-10-21-13/h5,10,20H,3-4,6-9,11H2,1-2H3,(H2,15,17). The maximum Gasteiger partial charge on any atom is 0.191 e. The number of hydrogen-bond acceptors (Lipinski definition) is 5. The number of hydrogen-bond donors (Lipinski definition) is 2. The van der Waals surface area contributed by atoms with Crippen molar-refractivity contribution in [2.75, 3.05) is 37.6 Å². The Hall–Kier alpha value is -1.34. The number of nitrogens with two attached hydrogens (primary N) is 1. The lowest BCUT2D eigenvalue weighted by Crippen LogP contribution is -2.51. The zero-order valence-corrected chi connectivity index (χ0v) is 13.6. The first kappa shape index (κ1) is 16.0. The molecule has 0 spiro atoms. The number of anilines is 1. The fourth-order valence-electron chi connectivity index (χ4n) is 2.30. The summed E-state index contributed by atoms with van der Waals surface area (Å²) in [5.74, 6) is 0.536. The lowest BCUT2D eigenvalue weighted by atomic mass is 9.98. The van der Waals surface area contributed by atoms with Gasteiger partial charge in [-0.1, -0.05) is 13.8 Å². The molecule has 0 aromatic carbocycles. The van der Waals surface area contributed by atoms with Crippen LogP contribution in [-0.4, -0.2) is 59.3 Å². The predicted octanol–water partition coefficient (Wildman–Crippen LogP) is 1.13. The molecular formula is C14H25N5OS. The van der Waals surface area contributed by atoms with Crippen molar-refractivity contribution in [3.63, 3.8) is 0 Å². The van der Waals surface area contributed by atoms with Gasteiger partial charge in [0, 0.05) is 37.8 Å². The van der Waals surface area contributed by atoms with Gasteiger partial charge >= 0.3 is 0 Å². The molecule has 21 heavy (non-hydrogen) atoms. The second-order valence-corrected chi connectivity index (χ2v) is 6.27. The van der Waals surface area contributed by atoms with Crippen LogP contribution >= 0.6 is 11.3 Å². The molecule has 2 heterocycles. The third-order valence-electron chi connectivity index (χ3n) is 4.15. The van der Waals surface area contributed by atoms with Crippen molar-refractivity contribution in [2.24, 2.45) is 10.7 Å². The molecule has 7 heteroatoms. The minimum absolute atomic E-state index is 0.374. The van der Waals surface area contributed by atoms with E-state index in [2.05, 4.69) is 19.8 Å². The van der Waals surface area contributed by atoms with E-state index < -0.39 is 5.60 Å². The highest BCUT2D eigenvalue weighted by molar-refractivity contribution is 7.13. The Labute approximate surface area is 130 Å². The van der Waals surface area contributed by atoms with Crippen LogP contribution in [0.5, 0.6) is 0 Å². The minimum atomic E-state index is -0.729. The summed E-state index contributed by atoms with van der Waals surface area (Å²) in [6.45, 7) is 7.80. The normalized spacial score (nSPS) is 17.4. The summed E-state index contributed by atoms with van der Waals surface area (Å²) in [7, 11) is 0. The first-order valence-electron chi connectivity index (χ1n) is 7.49. The summed E-state index contributed by atoms with van der Waals surface area (Å²) in [5.41, 5.74) is 5.33. The number of nitrogens with zero attached hydrogens (tertiary/aromatic N) is 4. The summed E-state index contributed by atoms with van der Waals surface area (Å²) in [6, 6.07) is 0. The Bertz CT molecular complexity index is 450. The first-order valence-corrected chi connectivity index (χ1v) is 8.37. The van der Waals surface area contributed by atoms with Gasteiger partial charge in [-0.15, -0.1) is 11.3 Å². The Kier molecular flexibility index (Phi) is 5.41. The Morgan fingerprint density at radius 3 is 2.57 bits per heavy atom. The monoisotopic (exact) mass is 311 g/mol. The van der Waals surface area contributed by atoms with Gasteiger partial charge in [0.1, 0.15) is 0 Å². The van der Waals surface area contributed by atoms with E-state index in [-0.39, 0.29) is 0 Å². The number of thiazole rings is 1. The van der Waals surface area contributed by atoms with Crippen LogP contribution < -0.4 is 10.6 Å². The highest BCUT2D eigenvalue weighted by Gasteiger charge is 2.23. The van der Waals surface area contributed by atoms with Gasteiger partial charge in [0.15, 0.2) is 11.1 Å². The van der Waals surface area contributed by atoms with E-state index in [9.17, 15) is 5.11 Å². The molecule has 0 radical (unpaired) electrons. The average Bonchev–Trinajstić information content (AvgIpc) is 3.07. The minimum Gasteiger partial charge on any atom is -0.388 e. The van der Waals surface area contributed by atoms with Crippen LogP contribution in [-0.2, 0) is 0 Å². The van der Waals surface area contributed by atoms with Gasteiger partial charge in [0.2, 0.25) is 0 Å². The third-order valence-corrected chi connectivity index (χ3v) is 4.98. The maximum absolute atomic E-state index is 10.2. The summed E-state index contributed by atoms with van der Waals surface area (Å²) < 4.78 is 0. The Balaban J connectivity index is 1.86. The maximum atomic E-state index is 10.2. The summed E-state index contributed by atoms with van der Waals surface area (Å²) in [5, 5.41) is 13.3. The molecular weight excluding hydrogens is 286 g/mol. The molecule has 1 aromatic heterocycles. The summed E-state index contributed by atoms with van der Waals surface area (Å²) >= 11 is 1.66. The van der Waals surface area contributed by atoms with Gasteiger partial charge in [-0.2, -0.15) is 0 Å². The molecule has 1 aromatic rings. The summed E-state index contributed by atoms with van der Waals surface area (Å²) in [4.78, 5) is 13.1. The average molecular weight is 311 g/mol. The van der Waals surface area contributed by atoms with Crippen LogP contribution in [0, 0.1) is 0 Å². The van der Waals surface area contributed by atoms with Crippen LogP contribution in [0.25, 0.3) is 0 Å². The van der Waals surface area contributed by atoms with Gasteiger partial charge in [0.25, 0.3) is 0 Å². The van der Waals surface area contributed by atoms with Gasteiger partial charge in [-0.3, -0.25) is 4.99 Å². The van der Waals surface area contributed by atoms with Gasteiger partial charge < -0.3 is 20.6 Å². The number of aliphatic hydroxyl groups is 1. The predicted molar refractivity (Wildman–Crippen MR) is 87.9 cm³/mol. The molecule has 3 N–H and O–H groups in total. The number of rotatable bonds is 5. The molecule has 0 bridgehead atoms. The number of piperazine rings is 1. The van der Waals surface area contributed by atoms with E-state index in [0.29, 0.717) is 25.3 Å². The van der Waals surface area contributed by atoms with Crippen LogP contribution in [0.1, 0.15) is 26.7 Å². The molecule has 0 amide bonds. The van der Waals surface area contributed by atoms with E-state index in [4.69, 9.17) is 5.73 Å². The molecule has 1 aliphatic heterocycles. The third kappa shape index (κ3) is 4.07. The van der Waals surface area contributed by atoms with Gasteiger partial charge in [-0.25, -0.2) is 4.98 Å². The molecule has 1 fully saturated rings. The van der Waals surface area contributed by atoms with E-state index in [1.165, 1.54) is 0 Å². The van der Waals surface area contributed by atoms with E-state index in [0.717, 1.165) is 31.3 Å². The molecule has 0 aliphatic carbocycles. The largest absolute Gasteiger partial charge is 0.388 e. The lowest BCUT2D eigenvalue weighted by Gasteiger charge is -2.35. The quantitative estimate of drug-likeness (QED) is 0.629. The molecule has 1 aliphatic rings. The van der Waals surface area contributed by atoms with E-state index >= 15 is 0 Å². The topological polar surface area (TPSA) is 78.0 Å². The van der Waals surface area contributed by atoms with Crippen LogP contribution in [0.3, 0.4) is 0 Å². The second-order valence-electron chi connectivity index (χ2n) is 5.39. The highest BCUT2D eigenvalue weighted by Crippen LogP contribution is 2.19. The molecule has 2 rings (SSSR count). The van der Waals surface area contributed by atoms with E-state index in [1.807, 2.05) is 25.4 Å². The SMILES string of the molecule is CCC(O)(CC)CN=C(N)N1CCN(c2nccs2)CC1. The first-order chi connectivity index (χ1) is 10.1. The van der Waals surface area contributed by atoms with Crippen LogP contribution in [0.4, 0.5) is 5.13 Å². The fourth-order valence-corrected chi connectivity index (χ4v) is 3.00.